The van der Waals surface area contributed by atoms with Crippen LogP contribution in [0.3, 0.4) is 0 Å². The maximum Gasteiger partial charge on any atom is 0.328 e. The first-order valence-corrected chi connectivity index (χ1v) is 10.9. The molecule has 3 aliphatic heterocycles. The number of benzene rings is 1. The summed E-state index contributed by atoms with van der Waals surface area (Å²) in [5.74, 6) is -2.08. The van der Waals surface area contributed by atoms with Crippen LogP contribution in [0.1, 0.15) is 19.4 Å². The number of nitrogens with zero attached hydrogens (tertiary/aromatic N) is 3. The lowest BCUT2D eigenvalue weighted by molar-refractivity contribution is -0.153. The number of hydrogen-bond acceptors (Lipinski definition) is 8. The van der Waals surface area contributed by atoms with E-state index in [9.17, 15) is 14.4 Å². The van der Waals surface area contributed by atoms with E-state index in [4.69, 9.17) is 9.26 Å². The van der Waals surface area contributed by atoms with Gasteiger partial charge in [-0.25, -0.2) is 9.18 Å². The molecule has 3 aromatic rings. The van der Waals surface area contributed by atoms with Gasteiger partial charge in [0.1, 0.15) is 5.69 Å². The molecule has 2 fully saturated rings. The Labute approximate surface area is 192 Å². The van der Waals surface area contributed by atoms with E-state index in [1.54, 1.807) is 42.4 Å². The zero-order valence-corrected chi connectivity index (χ0v) is 18.3. The van der Waals surface area contributed by atoms with Crippen molar-refractivity contribution in [2.45, 2.75) is 38.5 Å². The fourth-order valence-corrected chi connectivity index (χ4v) is 5.67. The van der Waals surface area contributed by atoms with E-state index in [1.807, 2.05) is 6.92 Å². The van der Waals surface area contributed by atoms with Crippen LogP contribution < -0.4 is 15.5 Å². The van der Waals surface area contributed by atoms with Crippen molar-refractivity contribution >= 4 is 34.5 Å². The number of nitrogens with one attached hydrogen (secondary N) is 2. The first kappa shape index (κ1) is 20.7. The summed E-state index contributed by atoms with van der Waals surface area (Å²) in [7, 11) is 0. The minimum atomic E-state index is -1.69. The number of rotatable bonds is 1. The molecule has 1 aromatic carbocycles. The predicted octanol–water partition coefficient (Wildman–Crippen LogP) is 1.92. The van der Waals surface area contributed by atoms with Crippen molar-refractivity contribution in [3.8, 4) is 11.3 Å². The maximum atomic E-state index is 16.0. The number of morpholine rings is 1. The van der Waals surface area contributed by atoms with E-state index in [0.29, 0.717) is 22.2 Å². The molecule has 3 unspecified atom stereocenters. The molecule has 3 aliphatic rings. The number of anilines is 1. The zero-order valence-electron chi connectivity index (χ0n) is 18.3. The fraction of sp³-hybridized carbons (Fsp3) is 0.348. The Morgan fingerprint density at radius 3 is 2.56 bits per heavy atom. The summed E-state index contributed by atoms with van der Waals surface area (Å²) in [5.41, 5.74) is 0.102. The van der Waals surface area contributed by atoms with Crippen molar-refractivity contribution in [3.05, 3.63) is 42.0 Å². The van der Waals surface area contributed by atoms with E-state index in [2.05, 4.69) is 20.8 Å². The summed E-state index contributed by atoms with van der Waals surface area (Å²) in [6, 6.07) is 3.45. The van der Waals surface area contributed by atoms with E-state index in [1.165, 1.54) is 0 Å². The first-order chi connectivity index (χ1) is 16.3. The highest BCUT2D eigenvalue weighted by Gasteiger charge is 2.63. The minimum Gasteiger partial charge on any atom is -0.372 e. The number of hydrogen-bond donors (Lipinski definition) is 2. The molecule has 0 radical (unpaired) electrons. The van der Waals surface area contributed by atoms with Gasteiger partial charge in [-0.15, -0.1) is 0 Å². The summed E-state index contributed by atoms with van der Waals surface area (Å²) in [5, 5.41) is 8.95. The molecule has 4 amide bonds. The van der Waals surface area contributed by atoms with Gasteiger partial charge < -0.3 is 14.2 Å². The van der Waals surface area contributed by atoms with Gasteiger partial charge in [0.15, 0.2) is 11.2 Å². The molecule has 3 atom stereocenters. The van der Waals surface area contributed by atoms with Crippen LogP contribution >= 0.6 is 0 Å². The third kappa shape index (κ3) is 2.67. The highest BCUT2D eigenvalue weighted by Crippen LogP contribution is 2.49. The van der Waals surface area contributed by atoms with E-state index in [0.717, 1.165) is 0 Å². The van der Waals surface area contributed by atoms with Crippen molar-refractivity contribution in [3.63, 3.8) is 0 Å². The molecule has 0 aliphatic carbocycles. The minimum absolute atomic E-state index is 0.0141. The van der Waals surface area contributed by atoms with Crippen molar-refractivity contribution < 1.29 is 28.0 Å². The van der Waals surface area contributed by atoms with E-state index in [-0.39, 0.29) is 30.3 Å². The van der Waals surface area contributed by atoms with E-state index >= 15 is 4.39 Å². The second kappa shape index (κ2) is 7.07. The Hall–Kier alpha value is -3.86. The lowest BCUT2D eigenvalue weighted by atomic mass is 9.66. The van der Waals surface area contributed by atoms with Gasteiger partial charge in [0, 0.05) is 30.9 Å². The molecule has 6 rings (SSSR count). The largest absolute Gasteiger partial charge is 0.372 e. The van der Waals surface area contributed by atoms with Gasteiger partial charge in [-0.05, 0) is 37.6 Å². The Morgan fingerprint density at radius 2 is 1.85 bits per heavy atom. The molecule has 2 N–H and O–H groups in total. The topological polar surface area (TPSA) is 127 Å². The number of halogens is 1. The molecule has 174 valence electrons. The standard InChI is InChI=1S/C23H20FN5O5/c1-10-9-29-17-13(7-14-16(12-3-5-25-6-4-12)28-34-18(14)15(17)24)8-23(19(29)11(2)33-10)20(30)26-22(32)27-21(23)31/h3-7,10-11,19H,8-9H2,1-2H3,(H2,26,27,30,31,32). The molecule has 0 bridgehead atoms. The first-order valence-electron chi connectivity index (χ1n) is 10.9. The Balaban J connectivity index is 1.61. The number of amides is 4. The Morgan fingerprint density at radius 1 is 1.15 bits per heavy atom. The number of carbonyl (C=O) groups excluding carboxylic acids is 3. The predicted molar refractivity (Wildman–Crippen MR) is 116 cm³/mol. The number of ether oxygens (including phenoxy) is 1. The van der Waals surface area contributed by atoms with Crippen LogP contribution in [-0.4, -0.2) is 52.8 Å². The van der Waals surface area contributed by atoms with Crippen LogP contribution in [0.25, 0.3) is 22.2 Å². The molecule has 1 spiro atoms. The smallest absolute Gasteiger partial charge is 0.328 e. The SMILES string of the molecule is CC1CN2c3c(cc4c(-c5ccncc5)noc4c3F)CC3(C(=O)NC(=O)NC3=O)C2C(C)O1. The van der Waals surface area contributed by atoms with Crippen LogP contribution in [0.15, 0.2) is 35.1 Å². The maximum absolute atomic E-state index is 16.0. The van der Waals surface area contributed by atoms with Crippen molar-refractivity contribution in [2.75, 3.05) is 11.4 Å². The second-order valence-corrected chi connectivity index (χ2v) is 8.98. The molecular formula is C23H20FN5O5. The van der Waals surface area contributed by atoms with Crippen LogP contribution in [0, 0.1) is 11.2 Å². The summed E-state index contributed by atoms with van der Waals surface area (Å²) >= 11 is 0. The molecule has 10 nitrogen and oxygen atoms in total. The number of aromatic nitrogens is 2. The van der Waals surface area contributed by atoms with Gasteiger partial charge in [-0.1, -0.05) is 5.16 Å². The third-order valence-electron chi connectivity index (χ3n) is 6.92. The highest BCUT2D eigenvalue weighted by atomic mass is 19.1. The number of barbiturate groups is 1. The second-order valence-electron chi connectivity index (χ2n) is 8.98. The summed E-state index contributed by atoms with van der Waals surface area (Å²) < 4.78 is 27.4. The molecule has 11 heteroatoms. The number of urea groups is 1. The van der Waals surface area contributed by atoms with Gasteiger partial charge in [-0.3, -0.25) is 25.2 Å². The molecular weight excluding hydrogens is 445 g/mol. The lowest BCUT2D eigenvalue weighted by Gasteiger charge is -2.55. The Kier molecular flexibility index (Phi) is 4.31. The van der Waals surface area contributed by atoms with Gasteiger partial charge in [-0.2, -0.15) is 0 Å². The van der Waals surface area contributed by atoms with Crippen molar-refractivity contribution in [2.24, 2.45) is 5.41 Å². The van der Waals surface area contributed by atoms with Crippen LogP contribution in [0.4, 0.5) is 14.9 Å². The fourth-order valence-electron chi connectivity index (χ4n) is 5.67. The molecule has 2 aromatic heterocycles. The van der Waals surface area contributed by atoms with Crippen LogP contribution in [0.5, 0.6) is 0 Å². The van der Waals surface area contributed by atoms with Crippen molar-refractivity contribution in [1.29, 1.82) is 0 Å². The number of fused-ring (bicyclic) bond motifs is 5. The average Bonchev–Trinajstić information content (AvgIpc) is 3.21. The van der Waals surface area contributed by atoms with Gasteiger partial charge in [0.05, 0.1) is 29.3 Å². The quantitative estimate of drug-likeness (QED) is 0.522. The van der Waals surface area contributed by atoms with Crippen LogP contribution in [0.2, 0.25) is 0 Å². The summed E-state index contributed by atoms with van der Waals surface area (Å²) in [6.07, 6.45) is 2.18. The average molecular weight is 465 g/mol. The van der Waals surface area contributed by atoms with Crippen LogP contribution in [-0.2, 0) is 20.7 Å². The van der Waals surface area contributed by atoms with E-state index < -0.39 is 41.2 Å². The normalized spacial score (nSPS) is 25.7. The molecule has 34 heavy (non-hydrogen) atoms. The highest BCUT2D eigenvalue weighted by molar-refractivity contribution is 6.20. The van der Waals surface area contributed by atoms with Gasteiger partial charge in [0.25, 0.3) is 0 Å². The lowest BCUT2D eigenvalue weighted by Crippen LogP contribution is -2.75. The molecule has 5 heterocycles. The van der Waals surface area contributed by atoms with Gasteiger partial charge in [0.2, 0.25) is 17.4 Å². The summed E-state index contributed by atoms with van der Waals surface area (Å²) in [4.78, 5) is 44.1. The Bertz CT molecular complexity index is 1350. The van der Waals surface area contributed by atoms with Crippen molar-refractivity contribution in [1.82, 2.24) is 20.8 Å². The molecule has 2 saturated heterocycles. The van der Waals surface area contributed by atoms with Gasteiger partial charge >= 0.3 is 6.03 Å². The number of imide groups is 2. The monoisotopic (exact) mass is 465 g/mol. The molecule has 0 saturated carbocycles. The number of pyridine rings is 1. The number of carbonyl (C=O) groups is 3. The third-order valence-corrected chi connectivity index (χ3v) is 6.92. The summed E-state index contributed by atoms with van der Waals surface area (Å²) in [6.45, 7) is 3.82. The zero-order chi connectivity index (χ0) is 23.8.